The second-order valence-corrected chi connectivity index (χ2v) is 5.05. The molecule has 0 aliphatic carbocycles. The van der Waals surface area contributed by atoms with Gasteiger partial charge in [0.25, 0.3) is 0 Å². The van der Waals surface area contributed by atoms with Crippen LogP contribution >= 0.6 is 0 Å². The molecule has 1 heterocycles. The summed E-state index contributed by atoms with van der Waals surface area (Å²) in [5.41, 5.74) is 1.80. The molecular weight excluding hydrogens is 260 g/mol. The average molecular weight is 272 g/mol. The largest absolute Gasteiger partial charge is 0.422 e. The van der Waals surface area contributed by atoms with Gasteiger partial charge in [-0.2, -0.15) is 0 Å². The van der Waals surface area contributed by atoms with Gasteiger partial charge >= 0.3 is 5.63 Å². The van der Waals surface area contributed by atoms with E-state index in [2.05, 4.69) is 6.07 Å². The average Bonchev–Trinajstić information content (AvgIpc) is 2.54. The van der Waals surface area contributed by atoms with E-state index in [0.29, 0.717) is 11.1 Å². The fourth-order valence-corrected chi connectivity index (χ4v) is 2.62. The Morgan fingerprint density at radius 2 is 1.38 bits per heavy atom. The summed E-state index contributed by atoms with van der Waals surface area (Å²) in [5, 5.41) is 3.20. The Kier molecular flexibility index (Phi) is 2.61. The zero-order chi connectivity index (χ0) is 14.2. The fraction of sp³-hybridized carbons (Fsp3) is 0. The van der Waals surface area contributed by atoms with Crippen LogP contribution in [0.3, 0.4) is 0 Å². The first kappa shape index (κ1) is 11.9. The van der Waals surface area contributed by atoms with Gasteiger partial charge in [-0.05, 0) is 34.5 Å². The maximum atomic E-state index is 12.2. The zero-order valence-electron chi connectivity index (χ0n) is 11.2. The number of hydrogen-bond acceptors (Lipinski definition) is 2. The third kappa shape index (κ3) is 2.01. The van der Waals surface area contributed by atoms with Crippen LogP contribution in [-0.2, 0) is 0 Å². The number of hydrogen-bond donors (Lipinski definition) is 0. The molecule has 0 fully saturated rings. The first-order valence-electron chi connectivity index (χ1n) is 6.83. The van der Waals surface area contributed by atoms with Crippen molar-refractivity contribution in [2.24, 2.45) is 0 Å². The lowest BCUT2D eigenvalue weighted by atomic mass is 10.0. The molecule has 0 amide bonds. The van der Waals surface area contributed by atoms with Crippen molar-refractivity contribution in [3.8, 4) is 11.1 Å². The van der Waals surface area contributed by atoms with Crippen molar-refractivity contribution in [2.45, 2.75) is 0 Å². The molecule has 0 bridgehead atoms. The lowest BCUT2D eigenvalue weighted by molar-refractivity contribution is 0.563. The third-order valence-corrected chi connectivity index (χ3v) is 3.70. The zero-order valence-corrected chi connectivity index (χ0v) is 11.2. The molecule has 2 heteroatoms. The van der Waals surface area contributed by atoms with Crippen molar-refractivity contribution in [1.82, 2.24) is 0 Å². The lowest BCUT2D eigenvalue weighted by Gasteiger charge is -2.04. The molecule has 0 aliphatic rings. The Labute approximate surface area is 121 Å². The van der Waals surface area contributed by atoms with Crippen molar-refractivity contribution in [3.05, 3.63) is 83.2 Å². The van der Waals surface area contributed by atoms with Gasteiger partial charge in [0.2, 0.25) is 0 Å². The molecule has 100 valence electrons. The first-order valence-corrected chi connectivity index (χ1v) is 6.83. The molecule has 3 aromatic carbocycles. The molecular formula is C19H12O2. The minimum Gasteiger partial charge on any atom is -0.422 e. The van der Waals surface area contributed by atoms with E-state index >= 15 is 0 Å². The maximum absolute atomic E-state index is 12.2. The van der Waals surface area contributed by atoms with Crippen LogP contribution in [-0.4, -0.2) is 0 Å². The summed E-state index contributed by atoms with van der Waals surface area (Å²) in [6.07, 6.45) is 0. The van der Waals surface area contributed by atoms with E-state index in [-0.39, 0.29) is 5.63 Å². The van der Waals surface area contributed by atoms with Crippen LogP contribution in [0.1, 0.15) is 0 Å². The highest BCUT2D eigenvalue weighted by molar-refractivity contribution is 5.89. The van der Waals surface area contributed by atoms with E-state index < -0.39 is 0 Å². The van der Waals surface area contributed by atoms with Crippen LogP contribution in [0, 0.1) is 0 Å². The molecule has 0 aliphatic heterocycles. The summed E-state index contributed by atoms with van der Waals surface area (Å²) in [5.74, 6) is 0. The van der Waals surface area contributed by atoms with E-state index in [1.807, 2.05) is 60.7 Å². The van der Waals surface area contributed by atoms with Crippen molar-refractivity contribution in [1.29, 1.82) is 0 Å². The van der Waals surface area contributed by atoms with Gasteiger partial charge in [0, 0.05) is 5.39 Å². The van der Waals surface area contributed by atoms with Gasteiger partial charge in [0.05, 0.1) is 5.56 Å². The van der Waals surface area contributed by atoms with Gasteiger partial charge in [-0.1, -0.05) is 54.6 Å². The van der Waals surface area contributed by atoms with Gasteiger partial charge in [0.1, 0.15) is 5.58 Å². The fourth-order valence-electron chi connectivity index (χ4n) is 2.62. The monoisotopic (exact) mass is 272 g/mol. The first-order chi connectivity index (χ1) is 10.3. The summed E-state index contributed by atoms with van der Waals surface area (Å²) >= 11 is 0. The smallest absolute Gasteiger partial charge is 0.344 e. The quantitative estimate of drug-likeness (QED) is 0.473. The van der Waals surface area contributed by atoms with Crippen molar-refractivity contribution < 1.29 is 4.42 Å². The minimum absolute atomic E-state index is 0.302. The third-order valence-electron chi connectivity index (χ3n) is 3.70. The van der Waals surface area contributed by atoms with Crippen LogP contribution in [0.4, 0.5) is 0 Å². The van der Waals surface area contributed by atoms with Gasteiger partial charge < -0.3 is 4.42 Å². The summed E-state index contributed by atoms with van der Waals surface area (Å²) < 4.78 is 5.40. The topological polar surface area (TPSA) is 30.2 Å². The summed E-state index contributed by atoms with van der Waals surface area (Å²) in [6, 6.07) is 23.6. The second-order valence-electron chi connectivity index (χ2n) is 5.05. The molecule has 1 aromatic heterocycles. The van der Waals surface area contributed by atoms with E-state index in [9.17, 15) is 4.79 Å². The molecule has 0 atom stereocenters. The molecule has 2 nitrogen and oxygen atoms in total. The van der Waals surface area contributed by atoms with Gasteiger partial charge in [-0.15, -0.1) is 0 Å². The number of rotatable bonds is 1. The highest BCUT2D eigenvalue weighted by atomic mass is 16.4. The van der Waals surface area contributed by atoms with Gasteiger partial charge in [0.15, 0.2) is 0 Å². The molecule has 0 saturated carbocycles. The van der Waals surface area contributed by atoms with E-state index in [4.69, 9.17) is 4.42 Å². The molecule has 0 radical (unpaired) electrons. The van der Waals surface area contributed by atoms with Crippen molar-refractivity contribution in [3.63, 3.8) is 0 Å². The van der Waals surface area contributed by atoms with Crippen molar-refractivity contribution in [2.75, 3.05) is 0 Å². The Bertz CT molecular complexity index is 1010. The molecule has 4 aromatic rings. The Morgan fingerprint density at radius 1 is 0.667 bits per heavy atom. The van der Waals surface area contributed by atoms with E-state index in [1.54, 1.807) is 6.07 Å². The number of para-hydroxylation sites is 1. The SMILES string of the molecule is O=c1oc2ccccc2cc1-c1ccc2ccccc2c1. The molecule has 0 N–H and O–H groups in total. The number of benzene rings is 3. The minimum atomic E-state index is -0.302. The van der Waals surface area contributed by atoms with Gasteiger partial charge in [-0.25, -0.2) is 4.79 Å². The highest BCUT2D eigenvalue weighted by Gasteiger charge is 2.08. The standard InChI is InChI=1S/C19H12O2/c20-19-17(12-16-7-3-4-8-18(16)21-19)15-10-9-13-5-1-2-6-14(13)11-15/h1-12H. The Hall–Kier alpha value is -2.87. The molecule has 0 unspecified atom stereocenters. The van der Waals surface area contributed by atoms with Crippen LogP contribution < -0.4 is 5.63 Å². The van der Waals surface area contributed by atoms with E-state index in [0.717, 1.165) is 21.7 Å². The molecule has 0 saturated heterocycles. The van der Waals surface area contributed by atoms with E-state index in [1.165, 1.54) is 0 Å². The van der Waals surface area contributed by atoms with Crippen LogP contribution in [0.5, 0.6) is 0 Å². The predicted molar refractivity (Wildman–Crippen MR) is 85.4 cm³/mol. The summed E-state index contributed by atoms with van der Waals surface area (Å²) in [7, 11) is 0. The lowest BCUT2D eigenvalue weighted by Crippen LogP contribution is -2.02. The summed E-state index contributed by atoms with van der Waals surface area (Å²) in [4.78, 5) is 12.2. The predicted octanol–water partition coefficient (Wildman–Crippen LogP) is 4.61. The van der Waals surface area contributed by atoms with Crippen LogP contribution in [0.15, 0.2) is 82.0 Å². The van der Waals surface area contributed by atoms with Crippen molar-refractivity contribution >= 4 is 21.7 Å². The Morgan fingerprint density at radius 3 is 2.24 bits per heavy atom. The van der Waals surface area contributed by atoms with Gasteiger partial charge in [-0.3, -0.25) is 0 Å². The Balaban J connectivity index is 1.99. The summed E-state index contributed by atoms with van der Waals surface area (Å²) in [6.45, 7) is 0. The molecule has 4 rings (SSSR count). The molecule has 21 heavy (non-hydrogen) atoms. The normalized spacial score (nSPS) is 11.0. The molecule has 0 spiro atoms. The maximum Gasteiger partial charge on any atom is 0.344 e. The van der Waals surface area contributed by atoms with Crippen LogP contribution in [0.2, 0.25) is 0 Å². The second kappa shape index (κ2) is 4.60. The number of fused-ring (bicyclic) bond motifs is 2. The van der Waals surface area contributed by atoms with Crippen LogP contribution in [0.25, 0.3) is 32.9 Å². The highest BCUT2D eigenvalue weighted by Crippen LogP contribution is 2.24.